The molecule has 25 heavy (non-hydrogen) atoms. The zero-order valence-corrected chi connectivity index (χ0v) is 15.1. The number of aryl methyl sites for hydroxylation is 1. The second kappa shape index (κ2) is 6.74. The van der Waals surface area contributed by atoms with E-state index in [1.54, 1.807) is 0 Å². The number of aromatic nitrogens is 2. The Hall–Kier alpha value is -1.97. The lowest BCUT2D eigenvalue weighted by molar-refractivity contribution is -0.142. The van der Waals surface area contributed by atoms with Crippen molar-refractivity contribution in [3.63, 3.8) is 0 Å². The van der Waals surface area contributed by atoms with Gasteiger partial charge in [-0.3, -0.25) is 4.79 Å². The van der Waals surface area contributed by atoms with Crippen LogP contribution in [0.4, 0.5) is 0 Å². The van der Waals surface area contributed by atoms with Gasteiger partial charge in [0.15, 0.2) is 0 Å². The lowest BCUT2D eigenvalue weighted by Crippen LogP contribution is -2.47. The van der Waals surface area contributed by atoms with Crippen molar-refractivity contribution in [2.45, 2.75) is 26.3 Å². The Kier molecular flexibility index (Phi) is 4.81. The molecular weight excluding hydrogens is 344 g/mol. The summed E-state index contributed by atoms with van der Waals surface area (Å²) in [5.41, 5.74) is 2.75. The molecule has 0 saturated carbocycles. The molecule has 136 valence electrons. The van der Waals surface area contributed by atoms with Crippen LogP contribution in [0.5, 0.6) is 0 Å². The highest BCUT2D eigenvalue weighted by atomic mass is 32.2. The standard InChI is InChI=1S/C16H22N4O4S/c1-11-5-6-13-14(8-11)18-15(17-13)10-19(2)25(23,24)20-7-3-4-12(9-20)16(21)22/h5-6,8,12H,3-4,7,9-10H2,1-2H3,(H,17,18)(H,21,22). The van der Waals surface area contributed by atoms with E-state index in [0.29, 0.717) is 25.2 Å². The zero-order chi connectivity index (χ0) is 18.2. The van der Waals surface area contributed by atoms with Crippen LogP contribution >= 0.6 is 0 Å². The molecule has 1 aromatic carbocycles. The number of carboxylic acids is 1. The summed E-state index contributed by atoms with van der Waals surface area (Å²) in [5.74, 6) is -1.04. The maximum Gasteiger partial charge on any atom is 0.307 e. The monoisotopic (exact) mass is 366 g/mol. The summed E-state index contributed by atoms with van der Waals surface area (Å²) in [6, 6.07) is 5.80. The molecule has 1 aliphatic rings. The second-order valence-corrected chi connectivity index (χ2v) is 8.54. The van der Waals surface area contributed by atoms with Gasteiger partial charge < -0.3 is 10.1 Å². The molecule has 1 aliphatic heterocycles. The van der Waals surface area contributed by atoms with E-state index in [-0.39, 0.29) is 13.1 Å². The van der Waals surface area contributed by atoms with Gasteiger partial charge in [0.2, 0.25) is 0 Å². The highest BCUT2D eigenvalue weighted by Crippen LogP contribution is 2.22. The van der Waals surface area contributed by atoms with E-state index in [1.165, 1.54) is 15.7 Å². The summed E-state index contributed by atoms with van der Waals surface area (Å²) >= 11 is 0. The van der Waals surface area contributed by atoms with Crippen LogP contribution in [-0.4, -0.2) is 58.2 Å². The van der Waals surface area contributed by atoms with Gasteiger partial charge in [-0.25, -0.2) is 4.98 Å². The maximum atomic E-state index is 12.7. The number of nitrogens with zero attached hydrogens (tertiary/aromatic N) is 3. The number of hydrogen-bond acceptors (Lipinski definition) is 4. The first-order chi connectivity index (χ1) is 11.8. The van der Waals surface area contributed by atoms with Gasteiger partial charge in [0.05, 0.1) is 23.5 Å². The third-order valence-electron chi connectivity index (χ3n) is 4.51. The first-order valence-corrected chi connectivity index (χ1v) is 9.56. The van der Waals surface area contributed by atoms with Crippen LogP contribution in [0.1, 0.15) is 24.2 Å². The largest absolute Gasteiger partial charge is 0.481 e. The van der Waals surface area contributed by atoms with Crippen LogP contribution in [0.3, 0.4) is 0 Å². The molecule has 0 spiro atoms. The Morgan fingerprint density at radius 2 is 2.24 bits per heavy atom. The number of piperidine rings is 1. The normalized spacial score (nSPS) is 19.6. The van der Waals surface area contributed by atoms with E-state index < -0.39 is 22.1 Å². The van der Waals surface area contributed by atoms with E-state index in [4.69, 9.17) is 5.11 Å². The average Bonchev–Trinajstić information content (AvgIpc) is 2.96. The third kappa shape index (κ3) is 3.68. The molecule has 1 atom stereocenters. The van der Waals surface area contributed by atoms with Crippen LogP contribution in [0, 0.1) is 12.8 Å². The quantitative estimate of drug-likeness (QED) is 0.831. The predicted molar refractivity (Wildman–Crippen MR) is 93.2 cm³/mol. The number of aromatic amines is 1. The Bertz CT molecular complexity index is 893. The molecule has 0 bridgehead atoms. The Labute approximate surface area is 146 Å². The first kappa shape index (κ1) is 17.8. The summed E-state index contributed by atoms with van der Waals surface area (Å²) in [7, 11) is -2.24. The minimum absolute atomic E-state index is 0.0152. The van der Waals surface area contributed by atoms with E-state index in [1.807, 2.05) is 25.1 Å². The highest BCUT2D eigenvalue weighted by Gasteiger charge is 2.34. The molecule has 1 unspecified atom stereocenters. The fraction of sp³-hybridized carbons (Fsp3) is 0.500. The van der Waals surface area contributed by atoms with Crippen LogP contribution in [0.25, 0.3) is 11.0 Å². The predicted octanol–water partition coefficient (Wildman–Crippen LogP) is 1.34. The molecular formula is C16H22N4O4S. The van der Waals surface area contributed by atoms with Crippen molar-refractivity contribution in [2.75, 3.05) is 20.1 Å². The van der Waals surface area contributed by atoms with Crippen LogP contribution in [0.2, 0.25) is 0 Å². The molecule has 3 rings (SSSR count). The molecule has 2 heterocycles. The number of nitrogens with one attached hydrogen (secondary N) is 1. The summed E-state index contributed by atoms with van der Waals surface area (Å²) in [6.07, 6.45) is 1.06. The zero-order valence-electron chi connectivity index (χ0n) is 14.3. The fourth-order valence-electron chi connectivity index (χ4n) is 3.09. The molecule has 0 amide bonds. The number of H-pyrrole nitrogens is 1. The molecule has 2 N–H and O–H groups in total. The second-order valence-electron chi connectivity index (χ2n) is 6.50. The SMILES string of the molecule is Cc1ccc2nc(CN(C)S(=O)(=O)N3CCCC(C(=O)O)C3)[nH]c2c1. The van der Waals surface area contributed by atoms with Gasteiger partial charge in [-0.2, -0.15) is 17.0 Å². The minimum Gasteiger partial charge on any atom is -0.481 e. The van der Waals surface area contributed by atoms with E-state index in [0.717, 1.165) is 16.6 Å². The first-order valence-electron chi connectivity index (χ1n) is 8.17. The Balaban J connectivity index is 1.76. The smallest absolute Gasteiger partial charge is 0.307 e. The highest BCUT2D eigenvalue weighted by molar-refractivity contribution is 7.86. The van der Waals surface area contributed by atoms with Crippen molar-refractivity contribution in [3.05, 3.63) is 29.6 Å². The van der Waals surface area contributed by atoms with Gasteiger partial charge in [-0.15, -0.1) is 0 Å². The van der Waals surface area contributed by atoms with E-state index >= 15 is 0 Å². The van der Waals surface area contributed by atoms with Crippen LogP contribution < -0.4 is 0 Å². The van der Waals surface area contributed by atoms with Crippen molar-refractivity contribution < 1.29 is 18.3 Å². The topological polar surface area (TPSA) is 107 Å². The maximum absolute atomic E-state index is 12.7. The van der Waals surface area contributed by atoms with Gasteiger partial charge in [-0.1, -0.05) is 6.07 Å². The minimum atomic E-state index is -3.73. The number of fused-ring (bicyclic) bond motifs is 1. The number of carbonyl (C=O) groups is 1. The van der Waals surface area contributed by atoms with Gasteiger partial charge in [-0.05, 0) is 37.5 Å². The number of imidazole rings is 1. The molecule has 8 nitrogen and oxygen atoms in total. The number of benzene rings is 1. The number of aliphatic carboxylic acids is 1. The molecule has 2 aromatic rings. The van der Waals surface area contributed by atoms with E-state index in [9.17, 15) is 13.2 Å². The third-order valence-corrected chi connectivity index (χ3v) is 6.41. The molecule has 0 radical (unpaired) electrons. The van der Waals surface area contributed by atoms with Gasteiger partial charge in [0.1, 0.15) is 5.82 Å². The summed E-state index contributed by atoms with van der Waals surface area (Å²) in [5, 5.41) is 9.15. The summed E-state index contributed by atoms with van der Waals surface area (Å²) in [4.78, 5) is 18.7. The molecule has 9 heteroatoms. The summed E-state index contributed by atoms with van der Waals surface area (Å²) < 4.78 is 28.0. The van der Waals surface area contributed by atoms with Crippen molar-refractivity contribution in [1.29, 1.82) is 0 Å². The van der Waals surface area contributed by atoms with Gasteiger partial charge >= 0.3 is 5.97 Å². The fourth-order valence-corrected chi connectivity index (χ4v) is 4.50. The lowest BCUT2D eigenvalue weighted by atomic mass is 10.0. The lowest BCUT2D eigenvalue weighted by Gasteiger charge is -2.32. The van der Waals surface area contributed by atoms with Crippen LogP contribution in [0.15, 0.2) is 18.2 Å². The van der Waals surface area contributed by atoms with Gasteiger partial charge in [0, 0.05) is 20.1 Å². The number of hydrogen-bond donors (Lipinski definition) is 2. The number of rotatable bonds is 5. The number of carboxylic acid groups (broad SMARTS) is 1. The van der Waals surface area contributed by atoms with Crippen molar-refractivity contribution in [1.82, 2.24) is 18.6 Å². The molecule has 1 saturated heterocycles. The molecule has 0 aliphatic carbocycles. The molecule has 1 fully saturated rings. The van der Waals surface area contributed by atoms with Crippen LogP contribution in [-0.2, 0) is 21.5 Å². The van der Waals surface area contributed by atoms with Crippen molar-refractivity contribution >= 4 is 27.2 Å². The Morgan fingerprint density at radius 1 is 1.48 bits per heavy atom. The molecule has 1 aromatic heterocycles. The van der Waals surface area contributed by atoms with Gasteiger partial charge in [0.25, 0.3) is 10.2 Å². The van der Waals surface area contributed by atoms with Crippen molar-refractivity contribution in [3.8, 4) is 0 Å². The summed E-state index contributed by atoms with van der Waals surface area (Å²) in [6.45, 7) is 2.44. The van der Waals surface area contributed by atoms with E-state index in [2.05, 4.69) is 9.97 Å². The average molecular weight is 366 g/mol. The Morgan fingerprint density at radius 3 is 2.96 bits per heavy atom. The van der Waals surface area contributed by atoms with Crippen molar-refractivity contribution in [2.24, 2.45) is 5.92 Å².